The summed E-state index contributed by atoms with van der Waals surface area (Å²) < 4.78 is 13.1. The first-order valence-corrected chi connectivity index (χ1v) is 42.7. The van der Waals surface area contributed by atoms with Crippen molar-refractivity contribution in [1.29, 1.82) is 0 Å². The molecule has 0 bridgehead atoms. The monoisotopic (exact) mass is 1750 g/mol. The number of thiazole rings is 1. The average molecular weight is 1750 g/mol. The lowest BCUT2D eigenvalue weighted by atomic mass is 9.95. The standard InChI is InChI=1S/C17H19FN2O.C16H19N3O.C8H12N2OS.C8H12N2O.C8H13NO5.C8H15NO.C8H11NO.2C7H15NO.C6H13NO/c1-11-8-14(18)5-6-15(11)16-7-4-13(10-20-16)9-17(19-3)12(2)21;1-11-6-4-5-7-14(11)16-18-9-13(10-19-16)8-15(17-3)12(2)20;1-6(11)8(9-2)3-7-4-12-5-10-7;1-6(7(2)11)3-8-4-9-5-10-8;1-4(10)6(9-2)3-5(7(11)12)8(13)14;1-7(10)8(2)5-4-6-9(8)3;1-7(10)4-5-8-3-2-6-9-8;1-5-7(3,8-4)6(2)9;1-4-5-7(8-3)6(2)9;1-5(8)6(2,3)7-4/h4-8,10,17,19H,9H2,1-3H3;4-7,9-10,15,17H,8H2,1-3H3;4-5,8-9H,3H2,1-2H3;4-6H,3H2,1-2H3,(H,9,10);5-6,9H,3H2,1-2H3,(H,11,12)(H,13,14);4-6H2,1-3H3;3,6H,2,4-5H2,1H3;8H,5H2,1-4H3;7-8H,4-5H2,1-3H3;7H,1-4H3/t17-;15-;8-;;6-;8-;;2*7-;/m000.01.00./s1. The Bertz CT molecular complexity index is 4270. The van der Waals surface area contributed by atoms with Gasteiger partial charge in [0.2, 0.25) is 0 Å². The van der Waals surface area contributed by atoms with Gasteiger partial charge in [0.25, 0.3) is 0 Å². The molecular weight excluding hydrogens is 1600 g/mol. The van der Waals surface area contributed by atoms with Crippen molar-refractivity contribution in [3.8, 4) is 22.6 Å². The number of ketones is 10. The van der Waals surface area contributed by atoms with Crippen molar-refractivity contribution < 1.29 is 72.1 Å². The summed E-state index contributed by atoms with van der Waals surface area (Å²) in [6.07, 6.45) is 22.5. The van der Waals surface area contributed by atoms with Crippen LogP contribution in [-0.2, 0) is 83.2 Å². The number of hydrogen-bond donors (Lipinski definition) is 10. The van der Waals surface area contributed by atoms with E-state index in [-0.39, 0.29) is 111 Å². The summed E-state index contributed by atoms with van der Waals surface area (Å²) in [4.78, 5) is 161. The second-order valence-electron chi connectivity index (χ2n) is 31.4. The van der Waals surface area contributed by atoms with E-state index >= 15 is 0 Å². The van der Waals surface area contributed by atoms with Crippen LogP contribution in [0.5, 0.6) is 0 Å². The van der Waals surface area contributed by atoms with Gasteiger partial charge in [-0.1, -0.05) is 63.6 Å². The number of hydrogen-bond acceptors (Lipinski definition) is 27. The van der Waals surface area contributed by atoms with Crippen LogP contribution in [0.1, 0.15) is 209 Å². The molecule has 0 amide bonds. The number of likely N-dealkylation sites (N-methyl/N-ethyl adjacent to an activating group) is 8. The molecule has 29 nitrogen and oxygen atoms in total. The minimum absolute atomic E-state index is 0.0787. The first-order valence-electron chi connectivity index (χ1n) is 41.7. The van der Waals surface area contributed by atoms with E-state index < -0.39 is 23.9 Å². The van der Waals surface area contributed by atoms with Crippen molar-refractivity contribution in [2.75, 3.05) is 62.9 Å². The Labute approximate surface area is 739 Å². The highest BCUT2D eigenvalue weighted by Gasteiger charge is 2.38. The van der Waals surface area contributed by atoms with Crippen LogP contribution >= 0.6 is 11.3 Å². The number of carboxylic acid groups (broad SMARTS) is 2. The first kappa shape index (κ1) is 116. The number of aliphatic imine (C=N–C) groups is 1. The number of carbonyl (C=O) groups is 12. The van der Waals surface area contributed by atoms with Gasteiger partial charge in [-0.05, 0) is 278 Å². The van der Waals surface area contributed by atoms with E-state index in [4.69, 9.17) is 10.2 Å². The Balaban J connectivity index is 0. The van der Waals surface area contributed by atoms with Crippen molar-refractivity contribution >= 4 is 87.3 Å². The lowest BCUT2D eigenvalue weighted by molar-refractivity contribution is -0.155. The number of likely N-dealkylation sites (tertiary alicyclic amines) is 1. The highest BCUT2D eigenvalue weighted by Crippen LogP contribution is 2.28. The fourth-order valence-electron chi connectivity index (χ4n) is 11.4. The molecule has 0 radical (unpaired) electrons. The summed E-state index contributed by atoms with van der Waals surface area (Å²) in [5.41, 5.74) is 10.8. The van der Waals surface area contributed by atoms with Crippen LogP contribution in [0.2, 0.25) is 0 Å². The van der Waals surface area contributed by atoms with Crippen molar-refractivity contribution in [1.82, 2.24) is 72.0 Å². The van der Waals surface area contributed by atoms with E-state index in [1.54, 1.807) is 145 Å². The van der Waals surface area contributed by atoms with Gasteiger partial charge in [-0.15, -0.1) is 11.3 Å². The van der Waals surface area contributed by atoms with Crippen molar-refractivity contribution in [2.24, 2.45) is 16.8 Å². The van der Waals surface area contributed by atoms with Gasteiger partial charge in [-0.2, -0.15) is 0 Å². The molecule has 4 aromatic heterocycles. The molecule has 2 aliphatic rings. The van der Waals surface area contributed by atoms with Crippen molar-refractivity contribution in [3.63, 3.8) is 0 Å². The molecule has 1 fully saturated rings. The number of rotatable bonds is 36. The fraction of sp³-hybridized carbons (Fsp3) is 0.548. The van der Waals surface area contributed by atoms with Gasteiger partial charge in [0.05, 0.1) is 70.1 Å². The van der Waals surface area contributed by atoms with Crippen LogP contribution < -0.4 is 37.2 Å². The number of carbonyl (C=O) groups excluding carboxylic acids is 10. The molecule has 0 aliphatic carbocycles. The molecule has 6 aromatic rings. The number of aliphatic carboxylic acids is 2. The molecule has 0 saturated carbocycles. The zero-order valence-electron chi connectivity index (χ0n) is 78.5. The third kappa shape index (κ3) is 46.2. The predicted molar refractivity (Wildman–Crippen MR) is 492 cm³/mol. The fourth-order valence-corrected chi connectivity index (χ4v) is 11.9. The Hall–Kier alpha value is -9.83. The lowest BCUT2D eigenvalue weighted by Crippen LogP contribution is -2.45. The zero-order valence-corrected chi connectivity index (χ0v) is 79.4. The molecule has 6 heterocycles. The molecule has 1 unspecified atom stereocenters. The highest BCUT2D eigenvalue weighted by molar-refractivity contribution is 7.07. The number of nitrogens with zero attached hydrogens (tertiary/aromatic N) is 7. The molecular formula is C93H144FN15O14S. The summed E-state index contributed by atoms with van der Waals surface area (Å²) in [7, 11) is 14.3. The average Bonchev–Trinajstić information content (AvgIpc) is 1.69. The Kier molecular flexibility index (Phi) is 58.4. The number of Topliss-reactive ketones (excluding diaryl/α,β-unsaturated/α-hetero) is 10. The number of carboxylic acids is 2. The topological polar surface area (TPSA) is 425 Å². The van der Waals surface area contributed by atoms with E-state index in [1.807, 2.05) is 125 Å². The summed E-state index contributed by atoms with van der Waals surface area (Å²) in [5, 5.41) is 39.4. The maximum Gasteiger partial charge on any atom is 0.317 e. The quantitative estimate of drug-likeness (QED) is 0.0163. The molecule has 1 saturated heterocycles. The number of halogens is 1. The molecule has 124 heavy (non-hydrogen) atoms. The van der Waals surface area contributed by atoms with E-state index in [0.717, 1.165) is 120 Å². The van der Waals surface area contributed by atoms with E-state index in [2.05, 4.69) is 90.0 Å². The Morgan fingerprint density at radius 2 is 1.15 bits per heavy atom. The second kappa shape index (κ2) is 62.3. The number of aryl methyl sites for hydroxylation is 2. The lowest BCUT2D eigenvalue weighted by Gasteiger charge is -2.28. The number of pyridine rings is 1. The molecule has 10 N–H and O–H groups in total. The first-order chi connectivity index (χ1) is 58.1. The number of aromatic amines is 1. The number of allylic oxidation sites excluding steroid dienone is 2. The van der Waals surface area contributed by atoms with Crippen molar-refractivity contribution in [2.45, 2.75) is 262 Å². The Morgan fingerprint density at radius 3 is 1.48 bits per heavy atom. The molecule has 2 aromatic carbocycles. The highest BCUT2D eigenvalue weighted by atomic mass is 32.1. The van der Waals surface area contributed by atoms with Gasteiger partial charge in [-0.3, -0.25) is 67.6 Å². The number of benzene rings is 2. The summed E-state index contributed by atoms with van der Waals surface area (Å²) >= 11 is 1.55. The third-order valence-electron chi connectivity index (χ3n) is 21.5. The zero-order chi connectivity index (χ0) is 95.2. The summed E-state index contributed by atoms with van der Waals surface area (Å²) in [6.45, 7) is 34.4. The second-order valence-corrected chi connectivity index (χ2v) is 32.1. The summed E-state index contributed by atoms with van der Waals surface area (Å²) in [5.74, 6) is -2.37. The third-order valence-corrected chi connectivity index (χ3v) is 22.2. The molecule has 8 rings (SSSR count). The van der Waals surface area contributed by atoms with Crippen LogP contribution in [0.25, 0.3) is 22.6 Å². The SMILES string of the molecule is CC(=O)C(C)Cc1cnc[nH]1.CC(=O)CCC1=CCC=N1.CC(=O)[C@@]1(C)CCCN1C.CCC[C@H](NC)C(C)=O.CC[C@](C)(NC)C(C)=O.CNC(C)(C)C(C)=O.CN[C@@H](CC(C(=O)O)C(=O)O)C(C)=O.CN[C@@H](Cc1ccc(-c2ccc(F)cc2C)nc1)C(C)=O.CN[C@@H](Cc1cnc(-c2ccccc2C)nc1)C(C)=O.CN[C@@H](Cc1cscn1)C(C)=O. The van der Waals surface area contributed by atoms with Crippen LogP contribution in [0.3, 0.4) is 0 Å². The normalized spacial score (nSPS) is 14.8. The Morgan fingerprint density at radius 1 is 0.613 bits per heavy atom. The van der Waals surface area contributed by atoms with E-state index in [9.17, 15) is 61.9 Å². The number of nitrogens with one attached hydrogen (secondary N) is 8. The van der Waals surface area contributed by atoms with Gasteiger partial charge in [-0.25, -0.2) is 24.3 Å². The number of H-pyrrole nitrogens is 1. The molecule has 8 atom stereocenters. The number of aromatic nitrogens is 6. The van der Waals surface area contributed by atoms with Gasteiger partial charge in [0, 0.05) is 84.1 Å². The van der Waals surface area contributed by atoms with Crippen LogP contribution in [-0.4, -0.2) is 231 Å². The van der Waals surface area contributed by atoms with Gasteiger partial charge in [0.1, 0.15) is 63.6 Å². The maximum atomic E-state index is 13.1. The molecule has 688 valence electrons. The van der Waals surface area contributed by atoms with Gasteiger partial charge < -0.3 is 57.2 Å². The van der Waals surface area contributed by atoms with E-state index in [1.165, 1.54) is 26.1 Å². The van der Waals surface area contributed by atoms with Crippen LogP contribution in [0, 0.1) is 31.5 Å². The van der Waals surface area contributed by atoms with Crippen molar-refractivity contribution in [3.05, 3.63) is 148 Å². The minimum Gasteiger partial charge on any atom is -0.481 e. The molecule has 0 spiro atoms. The maximum absolute atomic E-state index is 13.1. The van der Waals surface area contributed by atoms with Gasteiger partial charge >= 0.3 is 11.9 Å². The summed E-state index contributed by atoms with van der Waals surface area (Å²) in [6, 6.07) is 15.4. The van der Waals surface area contributed by atoms with Crippen LogP contribution in [0.15, 0.2) is 113 Å². The number of imidazole rings is 1. The van der Waals surface area contributed by atoms with Crippen LogP contribution in [0.4, 0.5) is 4.39 Å². The van der Waals surface area contributed by atoms with E-state index in [0.29, 0.717) is 31.5 Å². The van der Waals surface area contributed by atoms with Gasteiger partial charge in [0.15, 0.2) is 11.7 Å². The molecule has 2 aliphatic heterocycles. The largest absolute Gasteiger partial charge is 0.481 e. The smallest absolute Gasteiger partial charge is 0.317 e. The predicted octanol–water partition coefficient (Wildman–Crippen LogP) is 11.7. The minimum atomic E-state index is -1.55. The molecule has 31 heteroatoms.